The molecule has 1 aliphatic heterocycles. The summed E-state index contributed by atoms with van der Waals surface area (Å²) in [5.74, 6) is 1.57. The Hall–Kier alpha value is -2.54. The topological polar surface area (TPSA) is 69.2 Å². The number of benzene rings is 1. The molecule has 0 atom stereocenters. The summed E-state index contributed by atoms with van der Waals surface area (Å²) in [7, 11) is 4.78. The van der Waals surface area contributed by atoms with Gasteiger partial charge in [0.2, 0.25) is 11.7 Å². The standard InChI is InChI=1S/C26H36N2O4S/c1-5-6-7-8-9-10-11-12-13-19-16-20-24(27-17-23(29)28-26(20)33-19)18-14-21(30-2)25(32-4)22(15-18)31-3/h14-16H,5-13,17H2,1-4H3,(H,28,29). The first-order valence-electron chi connectivity index (χ1n) is 11.9. The second kappa shape index (κ2) is 12.6. The Labute approximate surface area is 201 Å². The van der Waals surface area contributed by atoms with Crippen LogP contribution < -0.4 is 19.5 Å². The average Bonchev–Trinajstić information content (AvgIpc) is 3.14. The molecule has 0 saturated carbocycles. The van der Waals surface area contributed by atoms with Crippen molar-refractivity contribution in [3.8, 4) is 17.2 Å². The zero-order chi connectivity index (χ0) is 23.6. The molecule has 180 valence electrons. The van der Waals surface area contributed by atoms with Crippen molar-refractivity contribution in [3.63, 3.8) is 0 Å². The van der Waals surface area contributed by atoms with E-state index in [-0.39, 0.29) is 12.5 Å². The maximum absolute atomic E-state index is 12.3. The summed E-state index contributed by atoms with van der Waals surface area (Å²) >= 11 is 1.65. The number of aryl methyl sites for hydroxylation is 1. The van der Waals surface area contributed by atoms with Crippen LogP contribution in [-0.2, 0) is 11.2 Å². The monoisotopic (exact) mass is 472 g/mol. The Morgan fingerprint density at radius 3 is 2.15 bits per heavy atom. The van der Waals surface area contributed by atoms with Gasteiger partial charge in [-0.1, -0.05) is 51.9 Å². The zero-order valence-corrected chi connectivity index (χ0v) is 21.1. The maximum atomic E-state index is 12.3. The Kier molecular flexibility index (Phi) is 9.61. The van der Waals surface area contributed by atoms with Gasteiger partial charge in [-0.3, -0.25) is 9.79 Å². The number of thiophene rings is 1. The van der Waals surface area contributed by atoms with E-state index < -0.39 is 0 Å². The van der Waals surface area contributed by atoms with Crippen LogP contribution in [0.4, 0.5) is 5.00 Å². The molecule has 0 aliphatic carbocycles. The van der Waals surface area contributed by atoms with Gasteiger partial charge in [0.05, 0.1) is 27.0 Å². The molecule has 1 amide bonds. The molecule has 2 heterocycles. The van der Waals surface area contributed by atoms with Gasteiger partial charge in [0.25, 0.3) is 0 Å². The number of hydrogen-bond donors (Lipinski definition) is 1. The van der Waals surface area contributed by atoms with Gasteiger partial charge in [-0.05, 0) is 31.0 Å². The molecule has 6 nitrogen and oxygen atoms in total. The fourth-order valence-corrected chi connectivity index (χ4v) is 5.25. The van der Waals surface area contributed by atoms with Crippen molar-refractivity contribution >= 4 is 28.0 Å². The smallest absolute Gasteiger partial charge is 0.246 e. The predicted octanol–water partition coefficient (Wildman–Crippen LogP) is 6.25. The molecule has 0 bridgehead atoms. The first kappa shape index (κ1) is 25.1. The molecule has 1 aromatic heterocycles. The first-order chi connectivity index (χ1) is 16.1. The maximum Gasteiger partial charge on any atom is 0.246 e. The van der Waals surface area contributed by atoms with Crippen molar-refractivity contribution in [3.05, 3.63) is 34.2 Å². The van der Waals surface area contributed by atoms with Gasteiger partial charge in [0.15, 0.2) is 11.5 Å². The Morgan fingerprint density at radius 2 is 1.55 bits per heavy atom. The quantitative estimate of drug-likeness (QED) is 0.350. The van der Waals surface area contributed by atoms with E-state index in [2.05, 4.69) is 23.3 Å². The molecular formula is C26H36N2O4S. The van der Waals surface area contributed by atoms with Crippen LogP contribution in [0.5, 0.6) is 17.2 Å². The molecule has 1 aromatic carbocycles. The molecule has 1 aliphatic rings. The lowest BCUT2D eigenvalue weighted by Gasteiger charge is -2.15. The highest BCUT2D eigenvalue weighted by atomic mass is 32.1. The molecule has 0 fully saturated rings. The lowest BCUT2D eigenvalue weighted by Crippen LogP contribution is -2.12. The van der Waals surface area contributed by atoms with Gasteiger partial charge in [-0.25, -0.2) is 0 Å². The van der Waals surface area contributed by atoms with Crippen molar-refractivity contribution in [2.75, 3.05) is 33.2 Å². The minimum atomic E-state index is -0.0980. The number of hydrogen-bond acceptors (Lipinski definition) is 6. The Morgan fingerprint density at radius 1 is 0.909 bits per heavy atom. The van der Waals surface area contributed by atoms with Crippen molar-refractivity contribution in [2.45, 2.75) is 64.7 Å². The van der Waals surface area contributed by atoms with Crippen molar-refractivity contribution in [1.82, 2.24) is 0 Å². The van der Waals surface area contributed by atoms with Gasteiger partial charge in [-0.15, -0.1) is 11.3 Å². The summed E-state index contributed by atoms with van der Waals surface area (Å²) in [5, 5.41) is 3.89. The lowest BCUT2D eigenvalue weighted by molar-refractivity contribution is -0.114. The van der Waals surface area contributed by atoms with Crippen LogP contribution in [0.25, 0.3) is 0 Å². The molecular weight excluding hydrogens is 436 g/mol. The third kappa shape index (κ3) is 6.50. The number of nitrogens with one attached hydrogen (secondary N) is 1. The first-order valence-corrected chi connectivity index (χ1v) is 12.7. The van der Waals surface area contributed by atoms with E-state index in [1.807, 2.05) is 12.1 Å². The van der Waals surface area contributed by atoms with E-state index in [1.165, 1.54) is 49.8 Å². The van der Waals surface area contributed by atoms with Crippen molar-refractivity contribution in [1.29, 1.82) is 0 Å². The van der Waals surface area contributed by atoms with E-state index in [4.69, 9.17) is 14.2 Å². The van der Waals surface area contributed by atoms with Crippen LogP contribution in [0.15, 0.2) is 23.2 Å². The summed E-state index contributed by atoms with van der Waals surface area (Å²) in [5.41, 5.74) is 2.55. The number of aliphatic imine (C=N–C) groups is 1. The number of anilines is 1. The number of fused-ring (bicyclic) bond motifs is 1. The highest BCUT2D eigenvalue weighted by molar-refractivity contribution is 7.16. The van der Waals surface area contributed by atoms with Gasteiger partial charge >= 0.3 is 0 Å². The largest absolute Gasteiger partial charge is 0.493 e. The van der Waals surface area contributed by atoms with Crippen molar-refractivity contribution in [2.24, 2.45) is 4.99 Å². The van der Waals surface area contributed by atoms with Crippen LogP contribution in [0, 0.1) is 0 Å². The van der Waals surface area contributed by atoms with Crippen LogP contribution in [0.2, 0.25) is 0 Å². The number of amides is 1. The van der Waals surface area contributed by atoms with Crippen LogP contribution in [-0.4, -0.2) is 39.5 Å². The molecule has 33 heavy (non-hydrogen) atoms. The zero-order valence-electron chi connectivity index (χ0n) is 20.3. The molecule has 0 radical (unpaired) electrons. The van der Waals surface area contributed by atoms with Crippen molar-refractivity contribution < 1.29 is 19.0 Å². The summed E-state index contributed by atoms with van der Waals surface area (Å²) in [6.07, 6.45) is 11.4. The summed E-state index contributed by atoms with van der Waals surface area (Å²) < 4.78 is 16.5. The van der Waals surface area contributed by atoms with E-state index >= 15 is 0 Å². The number of rotatable bonds is 13. The van der Waals surface area contributed by atoms with E-state index in [1.54, 1.807) is 32.7 Å². The van der Waals surface area contributed by atoms with Gasteiger partial charge < -0.3 is 19.5 Å². The molecule has 0 saturated heterocycles. The summed E-state index contributed by atoms with van der Waals surface area (Å²) in [6.45, 7) is 2.34. The number of carbonyl (C=O) groups excluding carboxylic acids is 1. The lowest BCUT2D eigenvalue weighted by atomic mass is 10.0. The average molecular weight is 473 g/mol. The minimum absolute atomic E-state index is 0.0841. The molecule has 3 rings (SSSR count). The fraction of sp³-hybridized carbons (Fsp3) is 0.538. The molecule has 7 heteroatoms. The third-order valence-corrected chi connectivity index (χ3v) is 7.00. The summed E-state index contributed by atoms with van der Waals surface area (Å²) in [6, 6.07) is 5.94. The van der Waals surface area contributed by atoms with Crippen LogP contribution in [0.3, 0.4) is 0 Å². The van der Waals surface area contributed by atoms with Gasteiger partial charge in [0, 0.05) is 16.0 Å². The second-order valence-corrected chi connectivity index (χ2v) is 9.44. The Balaban J connectivity index is 1.76. The van der Waals surface area contributed by atoms with E-state index in [9.17, 15) is 4.79 Å². The van der Waals surface area contributed by atoms with Crippen LogP contribution in [0.1, 0.15) is 74.3 Å². The predicted molar refractivity (Wildman–Crippen MR) is 136 cm³/mol. The molecule has 0 spiro atoms. The SMILES string of the molecule is CCCCCCCCCCc1cc2c(s1)NC(=O)CN=C2c1cc(OC)c(OC)c(OC)c1. The fourth-order valence-electron chi connectivity index (χ4n) is 4.13. The van der Waals surface area contributed by atoms with E-state index in [0.29, 0.717) is 17.2 Å². The molecule has 2 aromatic rings. The summed E-state index contributed by atoms with van der Waals surface area (Å²) in [4.78, 5) is 18.2. The van der Waals surface area contributed by atoms with Crippen LogP contribution >= 0.6 is 11.3 Å². The highest BCUT2D eigenvalue weighted by Gasteiger charge is 2.24. The highest BCUT2D eigenvalue weighted by Crippen LogP contribution is 2.40. The number of methoxy groups -OCH3 is 3. The number of carbonyl (C=O) groups is 1. The molecule has 0 unspecified atom stereocenters. The number of ether oxygens (including phenoxy) is 3. The Bertz CT molecular complexity index is 942. The number of unbranched alkanes of at least 4 members (excludes halogenated alkanes) is 7. The second-order valence-electron chi connectivity index (χ2n) is 8.31. The molecule has 1 N–H and O–H groups in total. The third-order valence-electron chi connectivity index (χ3n) is 5.89. The number of nitrogens with zero attached hydrogens (tertiary/aromatic N) is 1. The van der Waals surface area contributed by atoms with Gasteiger partial charge in [0.1, 0.15) is 11.5 Å². The van der Waals surface area contributed by atoms with Gasteiger partial charge in [-0.2, -0.15) is 0 Å². The normalized spacial score (nSPS) is 13.1. The van der Waals surface area contributed by atoms with E-state index in [0.717, 1.165) is 34.7 Å². The minimum Gasteiger partial charge on any atom is -0.493 e.